The Labute approximate surface area is 98.6 Å². The number of nitrogens with zero attached hydrogens (tertiary/aromatic N) is 1. The Morgan fingerprint density at radius 1 is 1.44 bits per heavy atom. The van der Waals surface area contributed by atoms with Gasteiger partial charge in [0, 0.05) is 6.20 Å². The van der Waals surface area contributed by atoms with E-state index in [9.17, 15) is 0 Å². The summed E-state index contributed by atoms with van der Waals surface area (Å²) in [5, 5.41) is 0. The molecule has 86 valence electrons. The first kappa shape index (κ1) is 11.4. The average molecular weight is 215 g/mol. The highest BCUT2D eigenvalue weighted by molar-refractivity contribution is 5.60. The monoisotopic (exact) mass is 215 g/mol. The average Bonchev–Trinajstić information content (AvgIpc) is 2.81. The van der Waals surface area contributed by atoms with Crippen LogP contribution in [-0.4, -0.2) is 4.98 Å². The molecule has 2 rings (SSSR count). The second-order valence-electron chi connectivity index (χ2n) is 4.88. The molecule has 16 heavy (non-hydrogen) atoms. The maximum Gasteiger partial charge on any atom is 0.0658 e. The van der Waals surface area contributed by atoms with Gasteiger partial charge in [-0.3, -0.25) is 4.98 Å². The molecule has 0 saturated heterocycles. The van der Waals surface area contributed by atoms with Crippen molar-refractivity contribution in [2.45, 2.75) is 46.0 Å². The molecule has 0 N–H and O–H groups in total. The standard InChI is InChI=1S/C15H21N/c1-3-12(2)15-11-14(8-9-16-15)10-13-6-4-5-7-13/h3,8-9,11,13H,4-7,10H2,1-2H3/b12-3+. The van der Waals surface area contributed by atoms with Crippen LogP contribution in [0, 0.1) is 5.92 Å². The first-order valence-corrected chi connectivity index (χ1v) is 6.38. The van der Waals surface area contributed by atoms with Crippen LogP contribution >= 0.6 is 0 Å². The van der Waals surface area contributed by atoms with Crippen LogP contribution in [0.2, 0.25) is 0 Å². The van der Waals surface area contributed by atoms with Gasteiger partial charge in [0.15, 0.2) is 0 Å². The summed E-state index contributed by atoms with van der Waals surface area (Å²) in [5.41, 5.74) is 3.87. The zero-order valence-electron chi connectivity index (χ0n) is 10.4. The van der Waals surface area contributed by atoms with Crippen molar-refractivity contribution in [1.82, 2.24) is 4.98 Å². The fourth-order valence-corrected chi connectivity index (χ4v) is 2.51. The molecule has 0 aromatic carbocycles. The van der Waals surface area contributed by atoms with Crippen LogP contribution in [0.5, 0.6) is 0 Å². The molecule has 0 bridgehead atoms. The molecule has 0 amide bonds. The van der Waals surface area contributed by atoms with Crippen LogP contribution in [0.3, 0.4) is 0 Å². The SMILES string of the molecule is C/C=C(\C)c1cc(CC2CCCC2)ccn1. The predicted octanol–water partition coefficient (Wildman–Crippen LogP) is 4.24. The highest BCUT2D eigenvalue weighted by atomic mass is 14.7. The molecule has 0 spiro atoms. The topological polar surface area (TPSA) is 12.9 Å². The Morgan fingerprint density at radius 2 is 2.19 bits per heavy atom. The van der Waals surface area contributed by atoms with Crippen LogP contribution in [-0.2, 0) is 6.42 Å². The van der Waals surface area contributed by atoms with Gasteiger partial charge in [0.25, 0.3) is 0 Å². The van der Waals surface area contributed by atoms with Crippen LogP contribution in [0.4, 0.5) is 0 Å². The minimum absolute atomic E-state index is 0.918. The van der Waals surface area contributed by atoms with Crippen molar-refractivity contribution in [1.29, 1.82) is 0 Å². The maximum absolute atomic E-state index is 4.42. The van der Waals surface area contributed by atoms with E-state index in [4.69, 9.17) is 0 Å². The summed E-state index contributed by atoms with van der Waals surface area (Å²) in [6.45, 7) is 4.20. The van der Waals surface area contributed by atoms with E-state index in [0.717, 1.165) is 11.6 Å². The fourth-order valence-electron chi connectivity index (χ4n) is 2.51. The molecule has 1 aliphatic carbocycles. The normalized spacial score (nSPS) is 18.0. The summed E-state index contributed by atoms with van der Waals surface area (Å²) in [7, 11) is 0. The molecule has 1 aliphatic rings. The molecule has 1 aromatic rings. The third kappa shape index (κ3) is 2.72. The molecule has 1 heteroatoms. The minimum atomic E-state index is 0.918. The number of rotatable bonds is 3. The lowest BCUT2D eigenvalue weighted by molar-refractivity contribution is 0.546. The van der Waals surface area contributed by atoms with Crippen LogP contribution in [0.1, 0.15) is 50.8 Å². The van der Waals surface area contributed by atoms with Gasteiger partial charge in [-0.25, -0.2) is 0 Å². The van der Waals surface area contributed by atoms with Crippen molar-refractivity contribution in [3.8, 4) is 0 Å². The molecule has 1 nitrogen and oxygen atoms in total. The number of aromatic nitrogens is 1. The Bertz CT molecular complexity index is 373. The molecular weight excluding hydrogens is 194 g/mol. The van der Waals surface area contributed by atoms with E-state index in [1.807, 2.05) is 6.20 Å². The zero-order chi connectivity index (χ0) is 11.4. The van der Waals surface area contributed by atoms with Crippen molar-refractivity contribution in [3.63, 3.8) is 0 Å². The Balaban J connectivity index is 2.09. The summed E-state index contributed by atoms with van der Waals surface area (Å²) in [5.74, 6) is 0.918. The highest BCUT2D eigenvalue weighted by Crippen LogP contribution is 2.28. The van der Waals surface area contributed by atoms with Crippen molar-refractivity contribution in [2.24, 2.45) is 5.92 Å². The quantitative estimate of drug-likeness (QED) is 0.735. The van der Waals surface area contributed by atoms with E-state index in [-0.39, 0.29) is 0 Å². The van der Waals surface area contributed by atoms with E-state index in [2.05, 4.69) is 37.0 Å². The Morgan fingerprint density at radius 3 is 2.88 bits per heavy atom. The summed E-state index contributed by atoms with van der Waals surface area (Å²) in [4.78, 5) is 4.42. The lowest BCUT2D eigenvalue weighted by Gasteiger charge is -2.09. The second-order valence-corrected chi connectivity index (χ2v) is 4.88. The van der Waals surface area contributed by atoms with Gasteiger partial charge in [-0.15, -0.1) is 0 Å². The lowest BCUT2D eigenvalue weighted by Crippen LogP contribution is -1.99. The number of hydrogen-bond donors (Lipinski definition) is 0. The molecular formula is C15H21N. The van der Waals surface area contributed by atoms with Crippen molar-refractivity contribution < 1.29 is 0 Å². The van der Waals surface area contributed by atoms with Gasteiger partial charge in [0.05, 0.1) is 5.69 Å². The molecule has 1 heterocycles. The van der Waals surface area contributed by atoms with Crippen LogP contribution in [0.25, 0.3) is 5.57 Å². The number of pyridine rings is 1. The van der Waals surface area contributed by atoms with Crippen LogP contribution < -0.4 is 0 Å². The zero-order valence-corrected chi connectivity index (χ0v) is 10.4. The van der Waals surface area contributed by atoms with Gasteiger partial charge in [-0.2, -0.15) is 0 Å². The third-order valence-corrected chi connectivity index (χ3v) is 3.66. The first-order chi connectivity index (χ1) is 7.79. The minimum Gasteiger partial charge on any atom is -0.257 e. The Kier molecular flexibility index (Phi) is 3.76. The molecule has 0 unspecified atom stereocenters. The van der Waals surface area contributed by atoms with Gasteiger partial charge in [-0.1, -0.05) is 31.8 Å². The third-order valence-electron chi connectivity index (χ3n) is 3.66. The highest BCUT2D eigenvalue weighted by Gasteiger charge is 2.15. The molecule has 0 radical (unpaired) electrons. The van der Waals surface area contributed by atoms with Crippen molar-refractivity contribution in [3.05, 3.63) is 35.7 Å². The summed E-state index contributed by atoms with van der Waals surface area (Å²) < 4.78 is 0. The molecule has 1 fully saturated rings. The van der Waals surface area contributed by atoms with E-state index < -0.39 is 0 Å². The van der Waals surface area contributed by atoms with Crippen molar-refractivity contribution >= 4 is 5.57 Å². The van der Waals surface area contributed by atoms with Gasteiger partial charge in [0.1, 0.15) is 0 Å². The van der Waals surface area contributed by atoms with E-state index in [1.54, 1.807) is 0 Å². The molecule has 1 saturated carbocycles. The van der Waals surface area contributed by atoms with Crippen molar-refractivity contribution in [2.75, 3.05) is 0 Å². The fraction of sp³-hybridized carbons (Fsp3) is 0.533. The summed E-state index contributed by atoms with van der Waals surface area (Å²) in [6.07, 6.45) is 11.0. The molecule has 0 aliphatic heterocycles. The smallest absolute Gasteiger partial charge is 0.0658 e. The first-order valence-electron chi connectivity index (χ1n) is 6.38. The largest absolute Gasteiger partial charge is 0.257 e. The Hall–Kier alpha value is -1.11. The van der Waals surface area contributed by atoms with Gasteiger partial charge >= 0.3 is 0 Å². The number of allylic oxidation sites excluding steroid dienone is 2. The second kappa shape index (κ2) is 5.29. The lowest BCUT2D eigenvalue weighted by atomic mass is 9.97. The van der Waals surface area contributed by atoms with E-state index >= 15 is 0 Å². The van der Waals surface area contributed by atoms with Crippen LogP contribution in [0.15, 0.2) is 24.4 Å². The van der Waals surface area contributed by atoms with E-state index in [1.165, 1.54) is 43.2 Å². The summed E-state index contributed by atoms with van der Waals surface area (Å²) >= 11 is 0. The van der Waals surface area contributed by atoms with E-state index in [0.29, 0.717) is 0 Å². The number of hydrogen-bond acceptors (Lipinski definition) is 1. The predicted molar refractivity (Wildman–Crippen MR) is 69.2 cm³/mol. The summed E-state index contributed by atoms with van der Waals surface area (Å²) in [6, 6.07) is 4.43. The maximum atomic E-state index is 4.42. The van der Waals surface area contributed by atoms with Gasteiger partial charge < -0.3 is 0 Å². The van der Waals surface area contributed by atoms with Gasteiger partial charge in [-0.05, 0) is 49.5 Å². The molecule has 0 atom stereocenters. The van der Waals surface area contributed by atoms with Gasteiger partial charge in [0.2, 0.25) is 0 Å². The molecule has 1 aromatic heterocycles.